The maximum atomic E-state index is 10.9. The van der Waals surface area contributed by atoms with Gasteiger partial charge in [-0.2, -0.15) is 0 Å². The molecular weight excluding hydrogens is 446 g/mol. The van der Waals surface area contributed by atoms with Crippen LogP contribution in [0.3, 0.4) is 0 Å². The molecule has 1 saturated heterocycles. The van der Waals surface area contributed by atoms with Crippen molar-refractivity contribution in [3.63, 3.8) is 0 Å². The number of amides is 1. The summed E-state index contributed by atoms with van der Waals surface area (Å²) in [6.07, 6.45) is 0.905. The molecule has 0 radical (unpaired) electrons. The normalized spacial score (nSPS) is 15.9. The summed E-state index contributed by atoms with van der Waals surface area (Å²) in [5, 5.41) is 12.3. The fourth-order valence-corrected chi connectivity index (χ4v) is 5.38. The van der Waals surface area contributed by atoms with Crippen molar-refractivity contribution >= 4 is 33.3 Å². The Morgan fingerprint density at radius 2 is 1.82 bits per heavy atom. The van der Waals surface area contributed by atoms with Gasteiger partial charge in [0.2, 0.25) is 0 Å². The molecule has 1 aromatic heterocycles. The predicted octanol–water partition coefficient (Wildman–Crippen LogP) is 6.25. The van der Waals surface area contributed by atoms with Gasteiger partial charge in [0, 0.05) is 18.8 Å². The third kappa shape index (κ3) is 5.12. The van der Waals surface area contributed by atoms with E-state index in [2.05, 4.69) is 41.5 Å². The van der Waals surface area contributed by atoms with Crippen LogP contribution < -0.4 is 5.32 Å². The van der Waals surface area contributed by atoms with E-state index < -0.39 is 6.09 Å². The van der Waals surface area contributed by atoms with Gasteiger partial charge in [0.05, 0.1) is 16.3 Å². The molecule has 3 aromatic carbocycles. The van der Waals surface area contributed by atoms with Gasteiger partial charge in [-0.3, -0.25) is 5.32 Å². The first kappa shape index (κ1) is 22.5. The summed E-state index contributed by atoms with van der Waals surface area (Å²) >= 11 is 1.69. The van der Waals surface area contributed by atoms with Gasteiger partial charge in [-0.15, -0.1) is 11.3 Å². The van der Waals surface area contributed by atoms with E-state index in [1.54, 1.807) is 23.5 Å². The van der Waals surface area contributed by atoms with Gasteiger partial charge in [0.1, 0.15) is 11.1 Å². The highest BCUT2D eigenvalue weighted by Crippen LogP contribution is 2.36. The molecule has 0 aliphatic carbocycles. The predicted molar refractivity (Wildman–Crippen MR) is 137 cm³/mol. The summed E-state index contributed by atoms with van der Waals surface area (Å²) in [5.74, 6) is 0. The number of anilines is 1. The molecule has 1 atom stereocenters. The lowest BCUT2D eigenvalue weighted by atomic mass is 10.00. The minimum absolute atomic E-state index is 0.193. The van der Waals surface area contributed by atoms with E-state index in [9.17, 15) is 4.79 Å². The molecule has 1 fully saturated rings. The molecule has 0 bridgehead atoms. The Hall–Kier alpha value is -3.26. The number of benzene rings is 3. The van der Waals surface area contributed by atoms with E-state index in [1.165, 1.54) is 0 Å². The van der Waals surface area contributed by atoms with Crippen molar-refractivity contribution in [1.82, 2.24) is 9.88 Å². The monoisotopic (exact) mass is 473 g/mol. The van der Waals surface area contributed by atoms with Crippen molar-refractivity contribution in [2.45, 2.75) is 25.0 Å². The van der Waals surface area contributed by atoms with Crippen LogP contribution in [-0.2, 0) is 4.74 Å². The van der Waals surface area contributed by atoms with Crippen molar-refractivity contribution in [2.24, 2.45) is 0 Å². The van der Waals surface area contributed by atoms with Gasteiger partial charge in [0.15, 0.2) is 0 Å². The van der Waals surface area contributed by atoms with Crippen LogP contribution in [0.5, 0.6) is 0 Å². The average molecular weight is 474 g/mol. The number of thiazole rings is 1. The summed E-state index contributed by atoms with van der Waals surface area (Å²) in [6, 6.07) is 24.0. The standard InChI is InChI=1S/C27H27N3O3S/c1-30-15-13-22(14-16-30)33-25(26-29-23-7-2-3-8-24(23)34-26)20-6-4-5-19(17-20)18-9-11-21(12-10-18)28-27(31)32/h2-12,17,22,25,28H,13-16H2,1H3,(H,31,32). The highest BCUT2D eigenvalue weighted by Gasteiger charge is 2.26. The number of piperidine rings is 1. The van der Waals surface area contributed by atoms with Gasteiger partial charge in [-0.25, -0.2) is 9.78 Å². The first-order valence-corrected chi connectivity index (χ1v) is 12.3. The number of aromatic nitrogens is 1. The van der Waals surface area contributed by atoms with Crippen molar-refractivity contribution in [3.05, 3.63) is 83.4 Å². The zero-order valence-electron chi connectivity index (χ0n) is 19.0. The average Bonchev–Trinajstić information content (AvgIpc) is 3.28. The second-order valence-corrected chi connectivity index (χ2v) is 9.73. The lowest BCUT2D eigenvalue weighted by Gasteiger charge is -2.31. The summed E-state index contributed by atoms with van der Waals surface area (Å²) < 4.78 is 7.90. The highest BCUT2D eigenvalue weighted by atomic mass is 32.1. The number of hydrogen-bond donors (Lipinski definition) is 2. The van der Waals surface area contributed by atoms with Crippen LogP contribution in [0.15, 0.2) is 72.8 Å². The number of para-hydroxylation sites is 1. The Bertz CT molecular complexity index is 1250. The molecule has 0 saturated carbocycles. The van der Waals surface area contributed by atoms with Crippen LogP contribution in [0.2, 0.25) is 0 Å². The van der Waals surface area contributed by atoms with Crippen LogP contribution >= 0.6 is 11.3 Å². The number of fused-ring (bicyclic) bond motifs is 1. The molecule has 34 heavy (non-hydrogen) atoms. The summed E-state index contributed by atoms with van der Waals surface area (Å²) in [5.41, 5.74) is 4.68. The molecule has 4 aromatic rings. The largest absolute Gasteiger partial charge is 0.465 e. The molecule has 1 amide bonds. The van der Waals surface area contributed by atoms with Gasteiger partial charge in [-0.1, -0.05) is 42.5 Å². The van der Waals surface area contributed by atoms with Crippen LogP contribution in [0, 0.1) is 0 Å². The third-order valence-electron chi connectivity index (χ3n) is 6.19. The van der Waals surface area contributed by atoms with Crippen molar-refractivity contribution < 1.29 is 14.6 Å². The van der Waals surface area contributed by atoms with Gasteiger partial charge < -0.3 is 14.7 Å². The Morgan fingerprint density at radius 3 is 2.56 bits per heavy atom. The molecule has 1 aliphatic rings. The molecule has 7 heteroatoms. The SMILES string of the molecule is CN1CCC(OC(c2cccc(-c3ccc(NC(=O)O)cc3)c2)c2nc3ccccc3s2)CC1. The number of nitrogens with one attached hydrogen (secondary N) is 1. The first-order chi connectivity index (χ1) is 16.5. The van der Waals surface area contributed by atoms with E-state index in [1.807, 2.05) is 36.4 Å². The smallest absolute Gasteiger partial charge is 0.409 e. The zero-order chi connectivity index (χ0) is 23.5. The van der Waals surface area contributed by atoms with Gasteiger partial charge in [0.25, 0.3) is 0 Å². The van der Waals surface area contributed by atoms with E-state index >= 15 is 0 Å². The topological polar surface area (TPSA) is 74.7 Å². The Kier molecular flexibility index (Phi) is 6.58. The van der Waals surface area contributed by atoms with E-state index in [4.69, 9.17) is 14.8 Å². The third-order valence-corrected chi connectivity index (χ3v) is 7.27. The lowest BCUT2D eigenvalue weighted by Crippen LogP contribution is -2.35. The van der Waals surface area contributed by atoms with Crippen LogP contribution in [0.25, 0.3) is 21.3 Å². The van der Waals surface area contributed by atoms with E-state index in [0.717, 1.165) is 57.8 Å². The van der Waals surface area contributed by atoms with Gasteiger partial charge >= 0.3 is 6.09 Å². The van der Waals surface area contributed by atoms with Crippen LogP contribution in [-0.4, -0.2) is 47.3 Å². The molecule has 5 rings (SSSR count). The van der Waals surface area contributed by atoms with Crippen molar-refractivity contribution in [1.29, 1.82) is 0 Å². The number of hydrogen-bond acceptors (Lipinski definition) is 5. The maximum Gasteiger partial charge on any atom is 0.409 e. The van der Waals surface area contributed by atoms with E-state index in [-0.39, 0.29) is 12.2 Å². The van der Waals surface area contributed by atoms with E-state index in [0.29, 0.717) is 5.69 Å². The molecule has 1 unspecified atom stereocenters. The van der Waals surface area contributed by atoms with Crippen molar-refractivity contribution in [3.8, 4) is 11.1 Å². The zero-order valence-corrected chi connectivity index (χ0v) is 19.8. The highest BCUT2D eigenvalue weighted by molar-refractivity contribution is 7.18. The second-order valence-electron chi connectivity index (χ2n) is 8.67. The number of carbonyl (C=O) groups is 1. The summed E-state index contributed by atoms with van der Waals surface area (Å²) in [4.78, 5) is 18.2. The minimum atomic E-state index is -1.07. The van der Waals surface area contributed by atoms with Gasteiger partial charge in [-0.05, 0) is 66.9 Å². The Morgan fingerprint density at radius 1 is 1.06 bits per heavy atom. The Balaban J connectivity index is 1.47. The Labute approximate surface area is 202 Å². The first-order valence-electron chi connectivity index (χ1n) is 11.4. The fraction of sp³-hybridized carbons (Fsp3) is 0.259. The number of likely N-dealkylation sites (tertiary alicyclic amines) is 1. The van der Waals surface area contributed by atoms with Crippen molar-refractivity contribution in [2.75, 3.05) is 25.5 Å². The maximum absolute atomic E-state index is 10.9. The number of nitrogens with zero attached hydrogens (tertiary/aromatic N) is 2. The second kappa shape index (κ2) is 9.93. The molecule has 2 heterocycles. The summed E-state index contributed by atoms with van der Waals surface area (Å²) in [7, 11) is 2.15. The molecule has 2 N–H and O–H groups in total. The number of carboxylic acid groups (broad SMARTS) is 1. The molecule has 174 valence electrons. The van der Waals surface area contributed by atoms with Crippen LogP contribution in [0.1, 0.15) is 29.5 Å². The quantitative estimate of drug-likeness (QED) is 0.346. The molecule has 0 spiro atoms. The molecular formula is C27H27N3O3S. The molecule has 1 aliphatic heterocycles. The molecule has 6 nitrogen and oxygen atoms in total. The van der Waals surface area contributed by atoms with Crippen LogP contribution in [0.4, 0.5) is 10.5 Å². The summed E-state index contributed by atoms with van der Waals surface area (Å²) in [6.45, 7) is 2.07. The number of rotatable bonds is 6. The minimum Gasteiger partial charge on any atom is -0.465 e. The lowest BCUT2D eigenvalue weighted by molar-refractivity contribution is -0.0234. The number of ether oxygens (including phenoxy) is 1. The fourth-order valence-electron chi connectivity index (χ4n) is 4.35.